The summed E-state index contributed by atoms with van der Waals surface area (Å²) in [4.78, 5) is 0. The second-order valence-corrected chi connectivity index (χ2v) is 4.26. The lowest BCUT2D eigenvalue weighted by atomic mass is 9.88. The molecule has 1 aromatic rings. The Morgan fingerprint density at radius 2 is 2.25 bits per heavy atom. The molecular weight excluding hydrogens is 214 g/mol. The Kier molecular flexibility index (Phi) is 2.95. The van der Waals surface area contributed by atoms with Crippen molar-refractivity contribution in [2.45, 2.75) is 31.5 Å². The van der Waals surface area contributed by atoms with Crippen LogP contribution in [0.25, 0.3) is 0 Å². The van der Waals surface area contributed by atoms with Crippen molar-refractivity contribution in [3.05, 3.63) is 35.4 Å². The molecule has 16 heavy (non-hydrogen) atoms. The van der Waals surface area contributed by atoms with Crippen LogP contribution in [0.2, 0.25) is 0 Å². The highest BCUT2D eigenvalue weighted by atomic mass is 19.2. The molecule has 1 aliphatic heterocycles. The van der Waals surface area contributed by atoms with Crippen molar-refractivity contribution in [1.29, 1.82) is 0 Å². The summed E-state index contributed by atoms with van der Waals surface area (Å²) >= 11 is 0. The summed E-state index contributed by atoms with van der Waals surface area (Å²) < 4.78 is 31.7. The number of aliphatic hydroxyl groups is 1. The van der Waals surface area contributed by atoms with E-state index in [1.54, 1.807) is 6.92 Å². The molecule has 0 saturated carbocycles. The molecule has 1 N–H and O–H groups in total. The van der Waals surface area contributed by atoms with Gasteiger partial charge < -0.3 is 9.84 Å². The lowest BCUT2D eigenvalue weighted by Crippen LogP contribution is -2.38. The minimum atomic E-state index is -1.09. The van der Waals surface area contributed by atoms with Gasteiger partial charge >= 0.3 is 0 Å². The maximum absolute atomic E-state index is 13.4. The number of halogens is 2. The van der Waals surface area contributed by atoms with Gasteiger partial charge in [0.05, 0.1) is 11.7 Å². The highest BCUT2D eigenvalue weighted by molar-refractivity contribution is 5.21. The van der Waals surface area contributed by atoms with Crippen LogP contribution in [0.15, 0.2) is 18.2 Å². The van der Waals surface area contributed by atoms with Crippen molar-refractivity contribution >= 4 is 0 Å². The third-order valence-electron chi connectivity index (χ3n) is 3.19. The SMILES string of the molecule is CC1OCCC1(O)Cc1cccc(F)c1F. The second-order valence-electron chi connectivity index (χ2n) is 4.26. The molecule has 2 nitrogen and oxygen atoms in total. The molecule has 88 valence electrons. The molecule has 0 aromatic heterocycles. The van der Waals surface area contributed by atoms with Gasteiger partial charge in [0.1, 0.15) is 0 Å². The molecule has 4 heteroatoms. The normalized spacial score (nSPS) is 29.6. The molecule has 1 fully saturated rings. The van der Waals surface area contributed by atoms with E-state index in [-0.39, 0.29) is 18.1 Å². The first kappa shape index (κ1) is 11.5. The Hall–Kier alpha value is -1.00. The molecule has 1 aliphatic rings. The topological polar surface area (TPSA) is 29.5 Å². The summed E-state index contributed by atoms with van der Waals surface area (Å²) in [5.74, 6) is -1.76. The monoisotopic (exact) mass is 228 g/mol. The molecule has 0 aliphatic carbocycles. The van der Waals surface area contributed by atoms with Crippen molar-refractivity contribution in [3.8, 4) is 0 Å². The summed E-state index contributed by atoms with van der Waals surface area (Å²) in [6.07, 6.45) is 0.178. The number of hydrogen-bond donors (Lipinski definition) is 1. The van der Waals surface area contributed by atoms with Gasteiger partial charge in [0.15, 0.2) is 11.6 Å². The number of benzene rings is 1. The molecule has 2 unspecified atom stereocenters. The van der Waals surface area contributed by atoms with Crippen molar-refractivity contribution in [2.75, 3.05) is 6.61 Å². The van der Waals surface area contributed by atoms with Gasteiger partial charge in [-0.3, -0.25) is 0 Å². The molecule has 0 amide bonds. The highest BCUT2D eigenvalue weighted by Crippen LogP contribution is 2.30. The Bertz CT molecular complexity index is 395. The van der Waals surface area contributed by atoms with E-state index in [4.69, 9.17) is 4.74 Å². The molecule has 2 atom stereocenters. The quantitative estimate of drug-likeness (QED) is 0.839. The predicted octanol–water partition coefficient (Wildman–Crippen LogP) is 2.05. The summed E-state index contributed by atoms with van der Waals surface area (Å²) in [7, 11) is 0. The largest absolute Gasteiger partial charge is 0.387 e. The minimum absolute atomic E-state index is 0.0811. The molecular formula is C12H14F2O2. The van der Waals surface area contributed by atoms with Crippen LogP contribution < -0.4 is 0 Å². The smallest absolute Gasteiger partial charge is 0.162 e. The first-order valence-corrected chi connectivity index (χ1v) is 5.30. The first-order chi connectivity index (χ1) is 7.53. The van der Waals surface area contributed by atoms with Gasteiger partial charge in [-0.15, -0.1) is 0 Å². The Balaban J connectivity index is 2.24. The first-order valence-electron chi connectivity index (χ1n) is 5.30. The molecule has 0 bridgehead atoms. The third-order valence-corrected chi connectivity index (χ3v) is 3.19. The van der Waals surface area contributed by atoms with Crippen LogP contribution in [-0.2, 0) is 11.2 Å². The van der Waals surface area contributed by atoms with Crippen LogP contribution in [-0.4, -0.2) is 23.4 Å². The lowest BCUT2D eigenvalue weighted by molar-refractivity contribution is -0.0274. The van der Waals surface area contributed by atoms with Crippen molar-refractivity contribution in [2.24, 2.45) is 0 Å². The summed E-state index contributed by atoms with van der Waals surface area (Å²) in [6, 6.07) is 4.00. The number of rotatable bonds is 2. The van der Waals surface area contributed by atoms with Crippen LogP contribution in [0, 0.1) is 11.6 Å². The van der Waals surface area contributed by atoms with E-state index in [2.05, 4.69) is 0 Å². The van der Waals surface area contributed by atoms with Gasteiger partial charge in [-0.2, -0.15) is 0 Å². The predicted molar refractivity (Wildman–Crippen MR) is 55.0 cm³/mol. The summed E-state index contributed by atoms with van der Waals surface area (Å²) in [6.45, 7) is 2.19. The average Bonchev–Trinajstić information content (AvgIpc) is 2.55. The van der Waals surface area contributed by atoms with Crippen LogP contribution in [0.1, 0.15) is 18.9 Å². The van der Waals surface area contributed by atoms with Gasteiger partial charge in [-0.25, -0.2) is 8.78 Å². The van der Waals surface area contributed by atoms with E-state index in [1.807, 2.05) is 0 Å². The Morgan fingerprint density at radius 3 is 2.88 bits per heavy atom. The van der Waals surface area contributed by atoms with E-state index < -0.39 is 17.2 Å². The van der Waals surface area contributed by atoms with Crippen molar-refractivity contribution in [3.63, 3.8) is 0 Å². The van der Waals surface area contributed by atoms with E-state index in [0.717, 1.165) is 6.07 Å². The fourth-order valence-corrected chi connectivity index (χ4v) is 2.02. The Labute approximate surface area is 92.9 Å². The second kappa shape index (κ2) is 4.11. The standard InChI is InChI=1S/C12H14F2O2/c1-8-12(15,5-6-16-8)7-9-3-2-4-10(13)11(9)14/h2-4,8,15H,5-7H2,1H3. The lowest BCUT2D eigenvalue weighted by Gasteiger charge is -2.26. The molecule has 0 radical (unpaired) electrons. The van der Waals surface area contributed by atoms with Crippen LogP contribution in [0.5, 0.6) is 0 Å². The molecule has 1 aromatic carbocycles. The average molecular weight is 228 g/mol. The molecule has 0 spiro atoms. The van der Waals surface area contributed by atoms with Gasteiger partial charge in [0, 0.05) is 19.4 Å². The summed E-state index contributed by atoms with van der Waals surface area (Å²) in [5, 5.41) is 10.2. The van der Waals surface area contributed by atoms with Crippen LogP contribution in [0.4, 0.5) is 8.78 Å². The van der Waals surface area contributed by atoms with Gasteiger partial charge in [0.25, 0.3) is 0 Å². The zero-order valence-electron chi connectivity index (χ0n) is 9.04. The van der Waals surface area contributed by atoms with Crippen molar-refractivity contribution in [1.82, 2.24) is 0 Å². The number of ether oxygens (including phenoxy) is 1. The third kappa shape index (κ3) is 1.95. The minimum Gasteiger partial charge on any atom is -0.387 e. The molecule has 1 saturated heterocycles. The zero-order chi connectivity index (χ0) is 11.8. The number of hydrogen-bond acceptors (Lipinski definition) is 2. The van der Waals surface area contributed by atoms with E-state index in [9.17, 15) is 13.9 Å². The van der Waals surface area contributed by atoms with Gasteiger partial charge in [-0.05, 0) is 18.6 Å². The van der Waals surface area contributed by atoms with E-state index >= 15 is 0 Å². The van der Waals surface area contributed by atoms with E-state index in [1.165, 1.54) is 12.1 Å². The zero-order valence-corrected chi connectivity index (χ0v) is 9.04. The Morgan fingerprint density at radius 1 is 1.50 bits per heavy atom. The molecule has 1 heterocycles. The highest BCUT2D eigenvalue weighted by Gasteiger charge is 2.40. The van der Waals surface area contributed by atoms with Crippen LogP contribution >= 0.6 is 0 Å². The maximum Gasteiger partial charge on any atom is 0.162 e. The molecule has 2 rings (SSSR count). The van der Waals surface area contributed by atoms with Crippen LogP contribution in [0.3, 0.4) is 0 Å². The fourth-order valence-electron chi connectivity index (χ4n) is 2.02. The fraction of sp³-hybridized carbons (Fsp3) is 0.500. The van der Waals surface area contributed by atoms with Crippen molar-refractivity contribution < 1.29 is 18.6 Å². The van der Waals surface area contributed by atoms with Gasteiger partial charge in [0.2, 0.25) is 0 Å². The summed E-state index contributed by atoms with van der Waals surface area (Å²) in [5.41, 5.74) is -0.894. The van der Waals surface area contributed by atoms with E-state index in [0.29, 0.717) is 13.0 Å². The maximum atomic E-state index is 13.4. The van der Waals surface area contributed by atoms with Gasteiger partial charge in [-0.1, -0.05) is 12.1 Å².